The van der Waals surface area contributed by atoms with Crippen LogP contribution in [0.3, 0.4) is 0 Å². The third kappa shape index (κ3) is 2.88. The highest BCUT2D eigenvalue weighted by molar-refractivity contribution is 4.97. The fourth-order valence-electron chi connectivity index (χ4n) is 1.94. The highest BCUT2D eigenvalue weighted by Crippen LogP contribution is 2.22. The first-order valence-electron chi connectivity index (χ1n) is 6.54. The molecule has 6 heteroatoms. The first-order valence-corrected chi connectivity index (χ1v) is 6.54. The van der Waals surface area contributed by atoms with Crippen molar-refractivity contribution in [2.24, 2.45) is 11.7 Å². The van der Waals surface area contributed by atoms with Crippen molar-refractivity contribution >= 4 is 0 Å². The first-order chi connectivity index (χ1) is 8.61. The highest BCUT2D eigenvalue weighted by Gasteiger charge is 2.27. The number of nitrogens with zero attached hydrogens (tertiary/aromatic N) is 3. The molecule has 0 saturated carbocycles. The van der Waals surface area contributed by atoms with Gasteiger partial charge in [-0.3, -0.25) is 4.90 Å². The largest absolute Gasteiger partial charge is 0.367 e. The second-order valence-electron chi connectivity index (χ2n) is 5.01. The van der Waals surface area contributed by atoms with Gasteiger partial charge in [-0.15, -0.1) is 0 Å². The van der Waals surface area contributed by atoms with E-state index in [1.54, 1.807) is 0 Å². The number of rotatable bonds is 4. The van der Waals surface area contributed by atoms with E-state index in [2.05, 4.69) is 22.0 Å². The van der Waals surface area contributed by atoms with Crippen LogP contribution in [0.15, 0.2) is 4.52 Å². The first kappa shape index (κ1) is 13.5. The molecule has 2 N–H and O–H groups in total. The van der Waals surface area contributed by atoms with E-state index in [0.29, 0.717) is 18.3 Å². The van der Waals surface area contributed by atoms with Gasteiger partial charge in [-0.05, 0) is 12.5 Å². The zero-order chi connectivity index (χ0) is 13.1. The Bertz CT molecular complexity index is 380. The van der Waals surface area contributed by atoms with Gasteiger partial charge in [-0.2, -0.15) is 4.98 Å². The molecule has 1 fully saturated rings. The molecule has 1 aliphatic heterocycles. The average Bonchev–Trinajstić information content (AvgIpc) is 2.87. The summed E-state index contributed by atoms with van der Waals surface area (Å²) in [4.78, 5) is 6.68. The Kier molecular flexibility index (Phi) is 4.31. The van der Waals surface area contributed by atoms with E-state index in [9.17, 15) is 0 Å². The maximum absolute atomic E-state index is 5.99. The summed E-state index contributed by atoms with van der Waals surface area (Å²) >= 11 is 0. The molecule has 1 aromatic rings. The minimum Gasteiger partial charge on any atom is -0.367 e. The van der Waals surface area contributed by atoms with Crippen LogP contribution in [-0.4, -0.2) is 41.3 Å². The summed E-state index contributed by atoms with van der Waals surface area (Å²) in [6.45, 7) is 9.69. The number of morpholine rings is 1. The van der Waals surface area contributed by atoms with E-state index in [1.807, 2.05) is 13.8 Å². The predicted octanol–water partition coefficient (Wildman–Crippen LogP) is 1.12. The molecule has 1 unspecified atom stereocenters. The number of ether oxygens (including phenoxy) is 1. The molecule has 0 aliphatic carbocycles. The third-order valence-corrected chi connectivity index (χ3v) is 3.35. The lowest BCUT2D eigenvalue weighted by Crippen LogP contribution is -2.38. The molecule has 2 rings (SSSR count). The van der Waals surface area contributed by atoms with E-state index in [1.165, 1.54) is 0 Å². The normalized spacial score (nSPS) is 23.5. The molecule has 2 atom stereocenters. The van der Waals surface area contributed by atoms with Crippen molar-refractivity contribution in [2.45, 2.75) is 32.9 Å². The van der Waals surface area contributed by atoms with Crippen molar-refractivity contribution in [2.75, 3.05) is 26.2 Å². The van der Waals surface area contributed by atoms with Gasteiger partial charge in [0.05, 0.1) is 12.6 Å². The minimum atomic E-state index is -0.211. The van der Waals surface area contributed by atoms with Gasteiger partial charge in [0.2, 0.25) is 11.7 Å². The maximum Gasteiger partial charge on any atom is 0.243 e. The molecule has 0 radical (unpaired) electrons. The summed E-state index contributed by atoms with van der Waals surface area (Å²) in [5.74, 6) is 1.38. The Labute approximate surface area is 107 Å². The van der Waals surface area contributed by atoms with Gasteiger partial charge in [0.15, 0.2) is 0 Å². The molecule has 18 heavy (non-hydrogen) atoms. The summed E-state index contributed by atoms with van der Waals surface area (Å²) < 4.78 is 10.9. The minimum absolute atomic E-state index is 0.101. The van der Waals surface area contributed by atoms with Crippen molar-refractivity contribution in [3.63, 3.8) is 0 Å². The molecule has 0 spiro atoms. The fourth-order valence-corrected chi connectivity index (χ4v) is 1.94. The lowest BCUT2D eigenvalue weighted by atomic mass is 10.1. The summed E-state index contributed by atoms with van der Waals surface area (Å²) in [6.07, 6.45) is -0.101. The van der Waals surface area contributed by atoms with Gasteiger partial charge in [0, 0.05) is 13.1 Å². The zero-order valence-electron chi connectivity index (χ0n) is 11.3. The van der Waals surface area contributed by atoms with Crippen LogP contribution in [0.1, 0.15) is 44.6 Å². The molecule has 1 aromatic heterocycles. The Morgan fingerprint density at radius 2 is 2.28 bits per heavy atom. The van der Waals surface area contributed by atoms with Crippen LogP contribution in [0.4, 0.5) is 0 Å². The van der Waals surface area contributed by atoms with E-state index in [4.69, 9.17) is 15.0 Å². The van der Waals surface area contributed by atoms with E-state index < -0.39 is 0 Å². The molecule has 102 valence electrons. The number of nitrogens with two attached hydrogens (primary N) is 1. The fraction of sp³-hybridized carbons (Fsp3) is 0.833. The zero-order valence-corrected chi connectivity index (χ0v) is 11.3. The summed E-state index contributed by atoms with van der Waals surface area (Å²) in [5.41, 5.74) is 5.99. The molecular formula is C12H22N4O2. The second-order valence-corrected chi connectivity index (χ2v) is 5.01. The van der Waals surface area contributed by atoms with Crippen LogP contribution in [0.5, 0.6) is 0 Å². The van der Waals surface area contributed by atoms with Crippen molar-refractivity contribution in [1.82, 2.24) is 15.0 Å². The van der Waals surface area contributed by atoms with Gasteiger partial charge in [0.1, 0.15) is 6.10 Å². The molecule has 0 bridgehead atoms. The summed E-state index contributed by atoms with van der Waals surface area (Å²) in [6, 6.07) is -0.211. The Morgan fingerprint density at radius 1 is 1.50 bits per heavy atom. The van der Waals surface area contributed by atoms with Crippen LogP contribution < -0.4 is 5.73 Å². The van der Waals surface area contributed by atoms with Gasteiger partial charge in [-0.1, -0.05) is 25.9 Å². The van der Waals surface area contributed by atoms with Crippen LogP contribution in [-0.2, 0) is 4.74 Å². The smallest absolute Gasteiger partial charge is 0.243 e. The van der Waals surface area contributed by atoms with Gasteiger partial charge < -0.3 is 15.0 Å². The Balaban J connectivity index is 2.05. The van der Waals surface area contributed by atoms with Crippen LogP contribution in [0.2, 0.25) is 0 Å². The number of hydrogen-bond acceptors (Lipinski definition) is 6. The van der Waals surface area contributed by atoms with Crippen LogP contribution in [0, 0.1) is 5.92 Å². The van der Waals surface area contributed by atoms with Crippen LogP contribution >= 0.6 is 0 Å². The van der Waals surface area contributed by atoms with Crippen molar-refractivity contribution in [3.05, 3.63) is 11.7 Å². The number of likely N-dealkylation sites (N-methyl/N-ethyl adjacent to an activating group) is 1. The third-order valence-electron chi connectivity index (χ3n) is 3.35. The van der Waals surface area contributed by atoms with Gasteiger partial charge in [0.25, 0.3) is 0 Å². The standard InChI is InChI=1S/C12H22N4O2/c1-4-16-5-6-17-9(7-16)11-14-12(18-15-11)10(13)8(2)3/h8-10H,4-7,13H2,1-3H3/t9?,10-/m0/s1. The van der Waals surface area contributed by atoms with Gasteiger partial charge in [-0.25, -0.2) is 0 Å². The van der Waals surface area contributed by atoms with Crippen molar-refractivity contribution < 1.29 is 9.26 Å². The van der Waals surface area contributed by atoms with E-state index >= 15 is 0 Å². The van der Waals surface area contributed by atoms with Crippen molar-refractivity contribution in [1.29, 1.82) is 0 Å². The monoisotopic (exact) mass is 254 g/mol. The molecule has 0 amide bonds. The molecule has 1 saturated heterocycles. The lowest BCUT2D eigenvalue weighted by Gasteiger charge is -2.30. The van der Waals surface area contributed by atoms with E-state index in [0.717, 1.165) is 19.6 Å². The topological polar surface area (TPSA) is 77.4 Å². The van der Waals surface area contributed by atoms with Crippen LogP contribution in [0.25, 0.3) is 0 Å². The predicted molar refractivity (Wildman–Crippen MR) is 66.9 cm³/mol. The molecule has 6 nitrogen and oxygen atoms in total. The molecule has 1 aliphatic rings. The number of hydrogen-bond donors (Lipinski definition) is 1. The van der Waals surface area contributed by atoms with Gasteiger partial charge >= 0.3 is 0 Å². The Hall–Kier alpha value is -0.980. The maximum atomic E-state index is 5.99. The lowest BCUT2D eigenvalue weighted by molar-refractivity contribution is -0.0334. The quantitative estimate of drug-likeness (QED) is 0.867. The molecule has 0 aromatic carbocycles. The summed E-state index contributed by atoms with van der Waals surface area (Å²) in [5, 5.41) is 3.99. The second kappa shape index (κ2) is 5.77. The number of aromatic nitrogens is 2. The average molecular weight is 254 g/mol. The highest BCUT2D eigenvalue weighted by atomic mass is 16.5. The van der Waals surface area contributed by atoms with Crippen molar-refractivity contribution in [3.8, 4) is 0 Å². The SMILES string of the molecule is CCN1CCOC(c2noc([C@@H](N)C(C)C)n2)C1. The van der Waals surface area contributed by atoms with E-state index in [-0.39, 0.29) is 18.1 Å². The Morgan fingerprint density at radius 3 is 2.94 bits per heavy atom. The molecule has 2 heterocycles. The summed E-state index contributed by atoms with van der Waals surface area (Å²) in [7, 11) is 0. The molecular weight excluding hydrogens is 232 g/mol.